The zero-order chi connectivity index (χ0) is 11.3. The van der Waals surface area contributed by atoms with Gasteiger partial charge in [0, 0.05) is 26.0 Å². The van der Waals surface area contributed by atoms with Crippen LogP contribution < -0.4 is 11.5 Å². The lowest BCUT2D eigenvalue weighted by atomic mass is 10.2. The predicted octanol–water partition coefficient (Wildman–Crippen LogP) is -0.278. The second-order valence-corrected chi connectivity index (χ2v) is 3.07. The molecule has 6 heteroatoms. The first-order valence-corrected chi connectivity index (χ1v) is 4.38. The fraction of sp³-hybridized carbons (Fsp3) is 0.222. The second kappa shape index (κ2) is 4.94. The van der Waals surface area contributed by atoms with Crippen LogP contribution in [0.3, 0.4) is 0 Å². The van der Waals surface area contributed by atoms with E-state index in [-0.39, 0.29) is 11.9 Å². The Labute approximate surface area is 88.1 Å². The Morgan fingerprint density at radius 2 is 2.07 bits per heavy atom. The number of hydrogen-bond donors (Lipinski definition) is 3. The third-order valence-corrected chi connectivity index (χ3v) is 1.77. The van der Waals surface area contributed by atoms with Crippen molar-refractivity contribution in [3.63, 3.8) is 0 Å². The summed E-state index contributed by atoms with van der Waals surface area (Å²) in [7, 11) is 1.75. The van der Waals surface area contributed by atoms with E-state index in [4.69, 9.17) is 16.9 Å². The van der Waals surface area contributed by atoms with E-state index in [1.54, 1.807) is 24.3 Å². The van der Waals surface area contributed by atoms with Crippen molar-refractivity contribution < 1.29 is 0 Å². The molecule has 0 saturated heterocycles. The van der Waals surface area contributed by atoms with Crippen LogP contribution in [0.5, 0.6) is 0 Å². The average Bonchev–Trinajstić information content (AvgIpc) is 2.18. The zero-order valence-electron chi connectivity index (χ0n) is 8.51. The fourth-order valence-corrected chi connectivity index (χ4v) is 1.04. The Bertz CT molecular complexity index is 354. The summed E-state index contributed by atoms with van der Waals surface area (Å²) < 4.78 is 0. The number of guanidine groups is 2. The van der Waals surface area contributed by atoms with Crippen LogP contribution >= 0.6 is 0 Å². The Balaban J connectivity index is 2.60. The first-order valence-electron chi connectivity index (χ1n) is 4.38. The molecule has 1 aromatic rings. The van der Waals surface area contributed by atoms with Crippen LogP contribution in [0, 0.1) is 5.41 Å². The van der Waals surface area contributed by atoms with Crippen molar-refractivity contribution in [2.45, 2.75) is 6.54 Å². The van der Waals surface area contributed by atoms with Crippen LogP contribution in [0.4, 0.5) is 0 Å². The molecule has 5 N–H and O–H groups in total. The van der Waals surface area contributed by atoms with Gasteiger partial charge in [-0.15, -0.1) is 0 Å². The smallest absolute Gasteiger partial charge is 0.221 e. The minimum absolute atomic E-state index is 0.0341. The summed E-state index contributed by atoms with van der Waals surface area (Å²) in [5.74, 6) is -0.0756. The maximum absolute atomic E-state index is 7.54. The molecule has 0 bridgehead atoms. The molecule has 80 valence electrons. The van der Waals surface area contributed by atoms with E-state index in [9.17, 15) is 0 Å². The van der Waals surface area contributed by atoms with Gasteiger partial charge in [-0.2, -0.15) is 4.99 Å². The molecular formula is C9H14N6. The van der Waals surface area contributed by atoms with Gasteiger partial charge in [0.2, 0.25) is 5.96 Å². The summed E-state index contributed by atoms with van der Waals surface area (Å²) in [5, 5.41) is 7.54. The number of aliphatic imine (C=N–C) groups is 1. The Hall–Kier alpha value is -2.11. The summed E-state index contributed by atoms with van der Waals surface area (Å²) in [6.07, 6.45) is 3.40. The zero-order valence-corrected chi connectivity index (χ0v) is 8.51. The number of nitrogens with two attached hydrogens (primary N) is 2. The standard InChI is InChI=1S/C9H14N6/c1-15(9(12)14-8(10)11)6-7-2-4-13-5-3-7/h2-5H,6H2,1H3,(H5,10,11,12,14). The Morgan fingerprint density at radius 1 is 1.47 bits per heavy atom. The van der Waals surface area contributed by atoms with Crippen molar-refractivity contribution in [3.05, 3.63) is 30.1 Å². The molecule has 0 radical (unpaired) electrons. The van der Waals surface area contributed by atoms with Crippen molar-refractivity contribution >= 4 is 11.9 Å². The first-order chi connectivity index (χ1) is 7.09. The van der Waals surface area contributed by atoms with E-state index < -0.39 is 0 Å². The molecule has 0 aliphatic rings. The molecule has 6 nitrogen and oxygen atoms in total. The first kappa shape index (κ1) is 11.0. The number of nitrogens with one attached hydrogen (secondary N) is 1. The summed E-state index contributed by atoms with van der Waals surface area (Å²) in [4.78, 5) is 9.18. The van der Waals surface area contributed by atoms with Crippen molar-refractivity contribution in [3.8, 4) is 0 Å². The van der Waals surface area contributed by atoms with E-state index >= 15 is 0 Å². The number of rotatable bonds is 2. The third kappa shape index (κ3) is 3.63. The second-order valence-electron chi connectivity index (χ2n) is 3.07. The highest BCUT2D eigenvalue weighted by Crippen LogP contribution is 2.01. The van der Waals surface area contributed by atoms with Gasteiger partial charge in [0.15, 0.2) is 5.96 Å². The van der Waals surface area contributed by atoms with E-state index in [1.165, 1.54) is 0 Å². The minimum Gasteiger partial charge on any atom is -0.370 e. The molecule has 0 atom stereocenters. The molecule has 0 aliphatic carbocycles. The maximum Gasteiger partial charge on any atom is 0.221 e. The SMILES string of the molecule is CN(Cc1ccncc1)C(=N)N=C(N)N. The predicted molar refractivity (Wildman–Crippen MR) is 59.2 cm³/mol. The molecule has 0 aliphatic heterocycles. The van der Waals surface area contributed by atoms with Crippen LogP contribution in [0.15, 0.2) is 29.5 Å². The lowest BCUT2D eigenvalue weighted by Gasteiger charge is -2.16. The fourth-order valence-electron chi connectivity index (χ4n) is 1.04. The quantitative estimate of drug-likeness (QED) is 0.457. The molecule has 0 unspecified atom stereocenters. The number of hydrogen-bond acceptors (Lipinski definition) is 2. The molecule has 0 amide bonds. The van der Waals surface area contributed by atoms with Crippen molar-refractivity contribution in [1.29, 1.82) is 5.41 Å². The van der Waals surface area contributed by atoms with Crippen LogP contribution in [-0.2, 0) is 6.54 Å². The highest BCUT2D eigenvalue weighted by atomic mass is 15.2. The highest BCUT2D eigenvalue weighted by molar-refractivity contribution is 5.91. The third-order valence-electron chi connectivity index (χ3n) is 1.77. The van der Waals surface area contributed by atoms with Crippen LogP contribution in [0.2, 0.25) is 0 Å². The topological polar surface area (TPSA) is 104 Å². The average molecular weight is 206 g/mol. The molecule has 1 aromatic heterocycles. The minimum atomic E-state index is -0.110. The summed E-state index contributed by atoms with van der Waals surface area (Å²) in [6, 6.07) is 3.75. The number of nitrogens with zero attached hydrogens (tertiary/aromatic N) is 3. The van der Waals surface area contributed by atoms with Crippen LogP contribution in [0.25, 0.3) is 0 Å². The monoisotopic (exact) mass is 206 g/mol. The van der Waals surface area contributed by atoms with Gasteiger partial charge >= 0.3 is 0 Å². The van der Waals surface area contributed by atoms with Crippen molar-refractivity contribution in [2.24, 2.45) is 16.5 Å². The summed E-state index contributed by atoms with van der Waals surface area (Å²) >= 11 is 0. The molecule has 0 aromatic carbocycles. The van der Waals surface area contributed by atoms with E-state index in [1.807, 2.05) is 12.1 Å². The van der Waals surface area contributed by atoms with Gasteiger partial charge in [-0.05, 0) is 17.7 Å². The van der Waals surface area contributed by atoms with Crippen molar-refractivity contribution in [1.82, 2.24) is 9.88 Å². The molecule has 1 heterocycles. The lowest BCUT2D eigenvalue weighted by molar-refractivity contribution is 0.491. The van der Waals surface area contributed by atoms with Crippen LogP contribution in [-0.4, -0.2) is 28.9 Å². The molecule has 0 spiro atoms. The molecule has 15 heavy (non-hydrogen) atoms. The van der Waals surface area contributed by atoms with Crippen molar-refractivity contribution in [2.75, 3.05) is 7.05 Å². The summed E-state index contributed by atoms with van der Waals surface area (Å²) in [5.41, 5.74) is 11.4. The Kier molecular flexibility index (Phi) is 3.61. The van der Waals surface area contributed by atoms with Gasteiger partial charge < -0.3 is 16.4 Å². The maximum atomic E-state index is 7.54. The highest BCUT2D eigenvalue weighted by Gasteiger charge is 2.03. The lowest BCUT2D eigenvalue weighted by Crippen LogP contribution is -2.30. The summed E-state index contributed by atoms with van der Waals surface area (Å²) in [6.45, 7) is 0.568. The molecular weight excluding hydrogens is 192 g/mol. The Morgan fingerprint density at radius 3 is 2.60 bits per heavy atom. The molecule has 0 saturated carbocycles. The molecule has 0 fully saturated rings. The number of pyridine rings is 1. The van der Waals surface area contributed by atoms with Crippen LogP contribution in [0.1, 0.15) is 5.56 Å². The van der Waals surface area contributed by atoms with E-state index in [0.29, 0.717) is 6.54 Å². The van der Waals surface area contributed by atoms with Gasteiger partial charge in [-0.3, -0.25) is 10.4 Å². The van der Waals surface area contributed by atoms with Gasteiger partial charge in [0.25, 0.3) is 0 Å². The largest absolute Gasteiger partial charge is 0.370 e. The van der Waals surface area contributed by atoms with Gasteiger partial charge in [0.05, 0.1) is 0 Å². The molecule has 1 rings (SSSR count). The normalized spacial score (nSPS) is 9.40. The number of aromatic nitrogens is 1. The van der Waals surface area contributed by atoms with Gasteiger partial charge in [-0.1, -0.05) is 0 Å². The van der Waals surface area contributed by atoms with E-state index in [2.05, 4.69) is 9.98 Å². The van der Waals surface area contributed by atoms with Gasteiger partial charge in [-0.25, -0.2) is 0 Å². The van der Waals surface area contributed by atoms with E-state index in [0.717, 1.165) is 5.56 Å². The van der Waals surface area contributed by atoms with Gasteiger partial charge in [0.1, 0.15) is 0 Å².